The van der Waals surface area contributed by atoms with Gasteiger partial charge < -0.3 is 0 Å². The number of rotatable bonds is 1. The summed E-state index contributed by atoms with van der Waals surface area (Å²) in [6.07, 6.45) is 2.48. The molecule has 0 saturated heterocycles. The standard InChI is InChI=1S/C12H14N2S/c1-7(2)10-12-9(5-6-15-12)11(14-13-10)8-3-4-8/h5-7,14H,3-4H2,1-2H3. The van der Waals surface area contributed by atoms with Crippen LogP contribution in [0.25, 0.3) is 5.70 Å². The molecule has 2 nitrogen and oxygen atoms in total. The van der Waals surface area contributed by atoms with E-state index in [9.17, 15) is 0 Å². The molecule has 1 fully saturated rings. The van der Waals surface area contributed by atoms with E-state index in [4.69, 9.17) is 0 Å². The van der Waals surface area contributed by atoms with Gasteiger partial charge in [-0.3, -0.25) is 5.43 Å². The highest BCUT2D eigenvalue weighted by Gasteiger charge is 2.26. The molecule has 78 valence electrons. The molecule has 2 heterocycles. The molecule has 2 aliphatic rings. The zero-order valence-electron chi connectivity index (χ0n) is 9.00. The Hall–Kier alpha value is -1.09. The first-order valence-electron chi connectivity index (χ1n) is 5.41. The van der Waals surface area contributed by atoms with Crippen LogP contribution in [0, 0.1) is 5.92 Å². The predicted octanol–water partition coefficient (Wildman–Crippen LogP) is 3.22. The molecule has 1 aromatic heterocycles. The van der Waals surface area contributed by atoms with Crippen LogP contribution in [-0.2, 0) is 0 Å². The third-order valence-corrected chi connectivity index (χ3v) is 3.79. The smallest absolute Gasteiger partial charge is 0.0811 e. The Kier molecular flexibility index (Phi) is 1.96. The van der Waals surface area contributed by atoms with E-state index in [1.54, 1.807) is 11.3 Å². The van der Waals surface area contributed by atoms with Crippen molar-refractivity contribution in [3.63, 3.8) is 0 Å². The van der Waals surface area contributed by atoms with Gasteiger partial charge >= 0.3 is 0 Å². The van der Waals surface area contributed by atoms with Crippen LogP contribution in [0.4, 0.5) is 0 Å². The van der Waals surface area contributed by atoms with Crippen molar-refractivity contribution >= 4 is 22.7 Å². The molecule has 1 aliphatic carbocycles. The van der Waals surface area contributed by atoms with Gasteiger partial charge in [-0.05, 0) is 35.8 Å². The van der Waals surface area contributed by atoms with Gasteiger partial charge in [0.1, 0.15) is 0 Å². The van der Waals surface area contributed by atoms with Gasteiger partial charge in [0.25, 0.3) is 0 Å². The highest BCUT2D eigenvalue weighted by atomic mass is 32.1. The third-order valence-electron chi connectivity index (χ3n) is 2.86. The van der Waals surface area contributed by atoms with Crippen molar-refractivity contribution in [2.24, 2.45) is 11.0 Å². The Labute approximate surface area is 93.7 Å². The van der Waals surface area contributed by atoms with E-state index in [1.807, 2.05) is 0 Å². The summed E-state index contributed by atoms with van der Waals surface area (Å²) in [7, 11) is 0. The lowest BCUT2D eigenvalue weighted by Crippen LogP contribution is -2.21. The third kappa shape index (κ3) is 1.42. The molecule has 0 aromatic carbocycles. The van der Waals surface area contributed by atoms with Crippen LogP contribution in [0.15, 0.2) is 22.1 Å². The summed E-state index contributed by atoms with van der Waals surface area (Å²) in [6.45, 7) is 4.39. The molecule has 3 rings (SSSR count). The number of thiophene rings is 1. The second-order valence-electron chi connectivity index (χ2n) is 4.41. The lowest BCUT2D eigenvalue weighted by Gasteiger charge is -2.18. The number of nitrogens with zero attached hydrogens (tertiary/aromatic N) is 1. The van der Waals surface area contributed by atoms with Crippen LogP contribution >= 0.6 is 11.3 Å². The molecule has 0 bridgehead atoms. The van der Waals surface area contributed by atoms with Gasteiger partial charge in [0.2, 0.25) is 0 Å². The van der Waals surface area contributed by atoms with Crippen LogP contribution in [0.1, 0.15) is 37.1 Å². The van der Waals surface area contributed by atoms with Gasteiger partial charge in [0, 0.05) is 5.56 Å². The van der Waals surface area contributed by atoms with Gasteiger partial charge in [-0.2, -0.15) is 5.10 Å². The topological polar surface area (TPSA) is 24.4 Å². The lowest BCUT2D eigenvalue weighted by molar-refractivity contribution is 0.847. The average molecular weight is 218 g/mol. The number of nitrogens with one attached hydrogen (secondary N) is 1. The summed E-state index contributed by atoms with van der Waals surface area (Å²) < 4.78 is 0. The summed E-state index contributed by atoms with van der Waals surface area (Å²) >= 11 is 1.81. The molecule has 15 heavy (non-hydrogen) atoms. The summed E-state index contributed by atoms with van der Waals surface area (Å²) in [6, 6.07) is 2.21. The SMILES string of the molecule is CC(C)C1=NNC(=C2CC2)c2ccsc21. The Morgan fingerprint density at radius 3 is 2.87 bits per heavy atom. The molecule has 3 heteroatoms. The van der Waals surface area contributed by atoms with Crippen LogP contribution in [-0.4, -0.2) is 5.71 Å². The zero-order chi connectivity index (χ0) is 10.4. The van der Waals surface area contributed by atoms with Crippen molar-refractivity contribution < 1.29 is 0 Å². The normalized spacial score (nSPS) is 18.7. The highest BCUT2D eigenvalue weighted by molar-refractivity contribution is 7.12. The van der Waals surface area contributed by atoms with Crippen LogP contribution < -0.4 is 5.43 Å². The highest BCUT2D eigenvalue weighted by Crippen LogP contribution is 2.39. The minimum Gasteiger partial charge on any atom is -0.278 e. The first-order valence-corrected chi connectivity index (χ1v) is 6.29. The van der Waals surface area contributed by atoms with Crippen LogP contribution in [0.2, 0.25) is 0 Å². The average Bonchev–Trinajstić information content (AvgIpc) is 2.93. The van der Waals surface area contributed by atoms with Gasteiger partial charge in [-0.25, -0.2) is 0 Å². The van der Waals surface area contributed by atoms with Crippen molar-refractivity contribution in [2.45, 2.75) is 26.7 Å². The molecule has 1 N–H and O–H groups in total. The number of allylic oxidation sites excluding steroid dienone is 1. The fraction of sp³-hybridized carbons (Fsp3) is 0.417. The molecular weight excluding hydrogens is 204 g/mol. The molecule has 1 aliphatic heterocycles. The number of fused-ring (bicyclic) bond motifs is 1. The van der Waals surface area contributed by atoms with Gasteiger partial charge in [0.05, 0.1) is 16.3 Å². The van der Waals surface area contributed by atoms with Crippen molar-refractivity contribution in [1.29, 1.82) is 0 Å². The maximum Gasteiger partial charge on any atom is 0.0811 e. The molecule has 1 aromatic rings. The summed E-state index contributed by atoms with van der Waals surface area (Å²) in [5.74, 6) is 0.487. The molecule has 0 atom stereocenters. The monoisotopic (exact) mass is 218 g/mol. The Morgan fingerprint density at radius 1 is 1.40 bits per heavy atom. The number of hydrazone groups is 1. The van der Waals surface area contributed by atoms with Crippen molar-refractivity contribution in [3.8, 4) is 0 Å². The minimum absolute atomic E-state index is 0.487. The summed E-state index contributed by atoms with van der Waals surface area (Å²) in [4.78, 5) is 1.36. The molecule has 0 spiro atoms. The first-order chi connectivity index (χ1) is 7.27. The van der Waals surface area contributed by atoms with Crippen molar-refractivity contribution in [2.75, 3.05) is 0 Å². The van der Waals surface area contributed by atoms with Gasteiger partial charge in [-0.1, -0.05) is 13.8 Å². The lowest BCUT2D eigenvalue weighted by atomic mass is 10.0. The molecule has 1 saturated carbocycles. The van der Waals surface area contributed by atoms with Crippen molar-refractivity contribution in [3.05, 3.63) is 27.5 Å². The maximum absolute atomic E-state index is 4.50. The zero-order valence-corrected chi connectivity index (χ0v) is 9.82. The Balaban J connectivity index is 2.13. The van der Waals surface area contributed by atoms with E-state index in [1.165, 1.54) is 40.3 Å². The second kappa shape index (κ2) is 3.20. The van der Waals surface area contributed by atoms with E-state index < -0.39 is 0 Å². The van der Waals surface area contributed by atoms with E-state index >= 15 is 0 Å². The molecule has 0 amide bonds. The fourth-order valence-electron chi connectivity index (χ4n) is 1.90. The van der Waals surface area contributed by atoms with E-state index in [0.29, 0.717) is 5.92 Å². The fourth-order valence-corrected chi connectivity index (χ4v) is 2.94. The summed E-state index contributed by atoms with van der Waals surface area (Å²) in [5.41, 5.74) is 8.60. The minimum atomic E-state index is 0.487. The summed E-state index contributed by atoms with van der Waals surface area (Å²) in [5, 5.41) is 6.67. The van der Waals surface area contributed by atoms with Gasteiger partial charge in [0.15, 0.2) is 0 Å². The van der Waals surface area contributed by atoms with E-state index in [2.05, 4.69) is 35.8 Å². The molecule has 0 unspecified atom stereocenters. The predicted molar refractivity (Wildman–Crippen MR) is 65.0 cm³/mol. The molecular formula is C12H14N2S. The largest absolute Gasteiger partial charge is 0.278 e. The second-order valence-corrected chi connectivity index (χ2v) is 5.32. The van der Waals surface area contributed by atoms with Gasteiger partial charge in [-0.15, -0.1) is 11.3 Å². The van der Waals surface area contributed by atoms with Crippen LogP contribution in [0.3, 0.4) is 0 Å². The van der Waals surface area contributed by atoms with E-state index in [0.717, 1.165) is 0 Å². The Bertz CT molecular complexity index is 460. The molecule has 0 radical (unpaired) electrons. The van der Waals surface area contributed by atoms with E-state index in [-0.39, 0.29) is 0 Å². The van der Waals surface area contributed by atoms with Crippen molar-refractivity contribution in [1.82, 2.24) is 5.43 Å². The first kappa shape index (κ1) is 9.16. The quantitative estimate of drug-likeness (QED) is 0.769. The van der Waals surface area contributed by atoms with Crippen LogP contribution in [0.5, 0.6) is 0 Å². The number of hydrogen-bond acceptors (Lipinski definition) is 3. The Morgan fingerprint density at radius 2 is 2.20 bits per heavy atom. The number of hydrogen-bond donors (Lipinski definition) is 1. The maximum atomic E-state index is 4.50.